The monoisotopic (exact) mass is 361 g/mol. The molecule has 1 aliphatic heterocycles. The summed E-state index contributed by atoms with van der Waals surface area (Å²) in [6.45, 7) is 2.18. The Kier molecular flexibility index (Phi) is 4.24. The number of fused-ring (bicyclic) bond motifs is 2. The number of hydrogen-bond donors (Lipinski definition) is 2. The summed E-state index contributed by atoms with van der Waals surface area (Å²) in [5, 5.41) is 3.95. The summed E-state index contributed by atoms with van der Waals surface area (Å²) in [5.41, 5.74) is 4.01. The van der Waals surface area contributed by atoms with Gasteiger partial charge in [0.1, 0.15) is 6.54 Å². The zero-order valence-electron chi connectivity index (χ0n) is 14.9. The third kappa shape index (κ3) is 2.99. The number of rotatable bonds is 5. The molecule has 3 amide bonds. The highest BCUT2D eigenvalue weighted by atomic mass is 16.2. The minimum atomic E-state index is -0.418. The van der Waals surface area contributed by atoms with Crippen LogP contribution < -0.4 is 5.32 Å². The lowest BCUT2D eigenvalue weighted by Crippen LogP contribution is -2.40. The first-order valence-corrected chi connectivity index (χ1v) is 8.84. The summed E-state index contributed by atoms with van der Waals surface area (Å²) in [4.78, 5) is 41.2. The second kappa shape index (κ2) is 6.72. The molecular formula is C21H19N3O3. The van der Waals surface area contributed by atoms with Gasteiger partial charge in [-0.1, -0.05) is 30.3 Å². The van der Waals surface area contributed by atoms with Crippen LogP contribution in [-0.2, 0) is 11.2 Å². The maximum absolute atomic E-state index is 12.3. The van der Waals surface area contributed by atoms with Crippen LogP contribution in [-0.4, -0.2) is 40.7 Å². The van der Waals surface area contributed by atoms with E-state index in [1.54, 1.807) is 24.3 Å². The van der Waals surface area contributed by atoms with Crippen molar-refractivity contribution in [1.82, 2.24) is 15.2 Å². The second-order valence-electron chi connectivity index (χ2n) is 6.62. The number of hydrogen-bond acceptors (Lipinski definition) is 3. The van der Waals surface area contributed by atoms with Gasteiger partial charge in [0.2, 0.25) is 5.91 Å². The van der Waals surface area contributed by atoms with Crippen LogP contribution in [0.2, 0.25) is 0 Å². The quantitative estimate of drug-likeness (QED) is 0.685. The van der Waals surface area contributed by atoms with E-state index >= 15 is 0 Å². The first-order chi connectivity index (χ1) is 13.1. The van der Waals surface area contributed by atoms with Crippen LogP contribution in [0.5, 0.6) is 0 Å². The smallest absolute Gasteiger partial charge is 0.262 e. The number of aromatic amines is 1. The number of imide groups is 1. The van der Waals surface area contributed by atoms with Gasteiger partial charge in [-0.2, -0.15) is 0 Å². The van der Waals surface area contributed by atoms with E-state index in [2.05, 4.69) is 16.4 Å². The van der Waals surface area contributed by atoms with Crippen LogP contribution in [0.4, 0.5) is 0 Å². The number of amides is 3. The number of carbonyl (C=O) groups is 3. The zero-order chi connectivity index (χ0) is 19.0. The minimum absolute atomic E-state index is 0.265. The molecule has 0 fully saturated rings. The van der Waals surface area contributed by atoms with Crippen molar-refractivity contribution in [2.24, 2.45) is 0 Å². The Bertz CT molecular complexity index is 1030. The van der Waals surface area contributed by atoms with E-state index in [1.165, 1.54) is 0 Å². The lowest BCUT2D eigenvalue weighted by Gasteiger charge is -2.13. The molecule has 1 aromatic heterocycles. The highest BCUT2D eigenvalue weighted by Crippen LogP contribution is 2.23. The Morgan fingerprint density at radius 3 is 2.33 bits per heavy atom. The molecule has 27 heavy (non-hydrogen) atoms. The van der Waals surface area contributed by atoms with Crippen LogP contribution in [0.3, 0.4) is 0 Å². The molecule has 6 heteroatoms. The van der Waals surface area contributed by atoms with Gasteiger partial charge in [0.15, 0.2) is 0 Å². The molecule has 0 saturated carbocycles. The van der Waals surface area contributed by atoms with Crippen LogP contribution in [0.25, 0.3) is 10.9 Å². The van der Waals surface area contributed by atoms with Gasteiger partial charge < -0.3 is 10.3 Å². The molecule has 0 atom stereocenters. The van der Waals surface area contributed by atoms with Crippen LogP contribution in [0, 0.1) is 6.92 Å². The van der Waals surface area contributed by atoms with E-state index in [1.807, 2.05) is 25.1 Å². The van der Waals surface area contributed by atoms with Crippen molar-refractivity contribution in [3.05, 3.63) is 70.9 Å². The first kappa shape index (κ1) is 17.0. The fourth-order valence-electron chi connectivity index (χ4n) is 3.57. The molecule has 0 radical (unpaired) electrons. The molecular weight excluding hydrogens is 342 g/mol. The molecule has 2 N–H and O–H groups in total. The van der Waals surface area contributed by atoms with E-state index in [4.69, 9.17) is 0 Å². The van der Waals surface area contributed by atoms with Crippen molar-refractivity contribution in [3.63, 3.8) is 0 Å². The Hall–Kier alpha value is -3.41. The third-order valence-corrected chi connectivity index (χ3v) is 4.90. The maximum atomic E-state index is 12.3. The molecule has 0 unspecified atom stereocenters. The van der Waals surface area contributed by atoms with Gasteiger partial charge in [0.05, 0.1) is 11.1 Å². The van der Waals surface area contributed by atoms with Gasteiger partial charge in [-0.25, -0.2) is 0 Å². The lowest BCUT2D eigenvalue weighted by molar-refractivity contribution is -0.121. The van der Waals surface area contributed by atoms with E-state index < -0.39 is 11.8 Å². The van der Waals surface area contributed by atoms with Crippen molar-refractivity contribution in [2.45, 2.75) is 13.3 Å². The summed E-state index contributed by atoms with van der Waals surface area (Å²) >= 11 is 0. The average Bonchev–Trinajstić information content (AvgIpc) is 3.11. The number of aromatic nitrogens is 1. The van der Waals surface area contributed by atoms with E-state index in [-0.39, 0.29) is 12.5 Å². The van der Waals surface area contributed by atoms with Gasteiger partial charge in [0.25, 0.3) is 11.8 Å². The molecule has 0 bridgehead atoms. The van der Waals surface area contributed by atoms with E-state index in [9.17, 15) is 14.4 Å². The Morgan fingerprint density at radius 2 is 1.63 bits per heavy atom. The third-order valence-electron chi connectivity index (χ3n) is 4.90. The molecule has 0 aliphatic carbocycles. The molecule has 3 aromatic rings. The normalized spacial score (nSPS) is 13.3. The SMILES string of the molecule is Cc1[nH]c2ccccc2c1CCNC(=O)CN1C(=O)c2ccccc2C1=O. The molecule has 136 valence electrons. The highest BCUT2D eigenvalue weighted by molar-refractivity contribution is 6.22. The van der Waals surface area contributed by atoms with Crippen molar-refractivity contribution in [2.75, 3.05) is 13.1 Å². The number of nitrogens with one attached hydrogen (secondary N) is 2. The fraction of sp³-hybridized carbons (Fsp3) is 0.190. The van der Waals surface area contributed by atoms with Crippen molar-refractivity contribution < 1.29 is 14.4 Å². The van der Waals surface area contributed by atoms with Gasteiger partial charge in [-0.15, -0.1) is 0 Å². The summed E-state index contributed by atoms with van der Waals surface area (Å²) < 4.78 is 0. The first-order valence-electron chi connectivity index (χ1n) is 8.84. The summed E-state index contributed by atoms with van der Waals surface area (Å²) in [6, 6.07) is 14.7. The van der Waals surface area contributed by atoms with Crippen molar-refractivity contribution in [3.8, 4) is 0 Å². The average molecular weight is 361 g/mol. The molecule has 4 rings (SSSR count). The fourth-order valence-corrected chi connectivity index (χ4v) is 3.57. The topological polar surface area (TPSA) is 82.3 Å². The van der Waals surface area contributed by atoms with E-state index in [0.29, 0.717) is 24.1 Å². The van der Waals surface area contributed by atoms with Crippen molar-refractivity contribution in [1.29, 1.82) is 0 Å². The van der Waals surface area contributed by atoms with Crippen LogP contribution in [0.15, 0.2) is 48.5 Å². The van der Waals surface area contributed by atoms with Gasteiger partial charge in [0, 0.05) is 23.1 Å². The van der Waals surface area contributed by atoms with Gasteiger partial charge >= 0.3 is 0 Å². The summed E-state index contributed by atoms with van der Waals surface area (Å²) in [5.74, 6) is -1.18. The van der Waals surface area contributed by atoms with Gasteiger partial charge in [-0.05, 0) is 37.1 Å². The molecule has 1 aliphatic rings. The number of aryl methyl sites for hydroxylation is 1. The molecule has 0 spiro atoms. The van der Waals surface area contributed by atoms with Crippen LogP contribution >= 0.6 is 0 Å². The Morgan fingerprint density at radius 1 is 1.00 bits per heavy atom. The zero-order valence-corrected chi connectivity index (χ0v) is 14.9. The van der Waals surface area contributed by atoms with Gasteiger partial charge in [-0.3, -0.25) is 19.3 Å². The molecule has 0 saturated heterocycles. The lowest BCUT2D eigenvalue weighted by atomic mass is 10.1. The molecule has 2 heterocycles. The Labute approximate surface area is 156 Å². The Balaban J connectivity index is 1.37. The highest BCUT2D eigenvalue weighted by Gasteiger charge is 2.36. The number of carbonyl (C=O) groups excluding carboxylic acids is 3. The molecule has 2 aromatic carbocycles. The number of H-pyrrole nitrogens is 1. The molecule has 6 nitrogen and oxygen atoms in total. The predicted octanol–water partition coefficient (Wildman–Crippen LogP) is 2.43. The largest absolute Gasteiger partial charge is 0.358 e. The van der Waals surface area contributed by atoms with Crippen LogP contribution in [0.1, 0.15) is 32.0 Å². The number of benzene rings is 2. The number of para-hydroxylation sites is 1. The van der Waals surface area contributed by atoms with Crippen molar-refractivity contribution >= 4 is 28.6 Å². The second-order valence-corrected chi connectivity index (χ2v) is 6.62. The predicted molar refractivity (Wildman–Crippen MR) is 102 cm³/mol. The minimum Gasteiger partial charge on any atom is -0.358 e. The maximum Gasteiger partial charge on any atom is 0.262 e. The number of nitrogens with zero attached hydrogens (tertiary/aromatic N) is 1. The standard InChI is InChI=1S/C21H19N3O3/c1-13-14(15-6-4-5-9-18(15)23-13)10-11-22-19(25)12-24-20(26)16-7-2-3-8-17(16)21(24)27/h2-9,23H,10-12H2,1H3,(H,22,25). The van der Waals surface area contributed by atoms with E-state index in [0.717, 1.165) is 27.1 Å². The summed E-state index contributed by atoms with van der Waals surface area (Å²) in [7, 11) is 0. The summed E-state index contributed by atoms with van der Waals surface area (Å²) in [6.07, 6.45) is 0.670.